The Kier molecular flexibility index (Phi) is 4.21. The van der Waals surface area contributed by atoms with Crippen molar-refractivity contribution < 1.29 is 14.7 Å². The first-order valence-electron chi connectivity index (χ1n) is 7.14. The second kappa shape index (κ2) is 5.79. The summed E-state index contributed by atoms with van der Waals surface area (Å²) in [4.78, 5) is 30.9. The molecule has 1 atom stereocenters. The molecule has 22 heavy (non-hydrogen) atoms. The zero-order chi connectivity index (χ0) is 16.5. The Hall–Kier alpha value is -2.37. The number of aromatic nitrogens is 2. The number of hydrogen-bond donors (Lipinski definition) is 3. The number of fused-ring (bicyclic) bond motifs is 1. The number of carbonyl (C=O) groups excluding carboxylic acids is 1. The van der Waals surface area contributed by atoms with Gasteiger partial charge in [-0.05, 0) is 30.0 Å². The zero-order valence-electron chi connectivity index (χ0n) is 13.2. The third kappa shape index (κ3) is 3.44. The van der Waals surface area contributed by atoms with Gasteiger partial charge in [-0.25, -0.2) is 4.98 Å². The lowest BCUT2D eigenvalue weighted by Crippen LogP contribution is -2.42. The Morgan fingerprint density at radius 1 is 1.36 bits per heavy atom. The second-order valence-electron chi connectivity index (χ2n) is 6.56. The van der Waals surface area contributed by atoms with E-state index in [9.17, 15) is 14.7 Å². The molecule has 0 saturated carbocycles. The summed E-state index contributed by atoms with van der Waals surface area (Å²) in [6.07, 6.45) is 0. The number of carbonyl (C=O) groups is 2. The summed E-state index contributed by atoms with van der Waals surface area (Å²) in [6, 6.07) is 5.84. The first-order valence-corrected chi connectivity index (χ1v) is 7.14. The molecule has 1 aromatic carbocycles. The summed E-state index contributed by atoms with van der Waals surface area (Å²) >= 11 is 0. The SMILES string of the molecule is Cc1ccc2nc(CNC(=O)C(C(=O)O)C(C)(C)C)[nH]c2c1. The van der Waals surface area contributed by atoms with Gasteiger partial charge < -0.3 is 15.4 Å². The van der Waals surface area contributed by atoms with Crippen LogP contribution >= 0.6 is 0 Å². The third-order valence-corrected chi connectivity index (χ3v) is 3.49. The highest BCUT2D eigenvalue weighted by molar-refractivity contribution is 5.97. The van der Waals surface area contributed by atoms with Crippen molar-refractivity contribution in [1.29, 1.82) is 0 Å². The summed E-state index contributed by atoms with van der Waals surface area (Å²) in [7, 11) is 0. The van der Waals surface area contributed by atoms with Crippen LogP contribution in [0.4, 0.5) is 0 Å². The summed E-state index contributed by atoms with van der Waals surface area (Å²) in [6.45, 7) is 7.36. The predicted octanol–water partition coefficient (Wildman–Crippen LogP) is 2.23. The fourth-order valence-electron chi connectivity index (χ4n) is 2.41. The first-order chi connectivity index (χ1) is 10.2. The van der Waals surface area contributed by atoms with Gasteiger partial charge in [-0.2, -0.15) is 0 Å². The number of H-pyrrole nitrogens is 1. The number of aromatic amines is 1. The summed E-state index contributed by atoms with van der Waals surface area (Å²) in [5, 5.41) is 11.9. The molecule has 2 aromatic rings. The van der Waals surface area contributed by atoms with E-state index in [2.05, 4.69) is 15.3 Å². The van der Waals surface area contributed by atoms with E-state index in [4.69, 9.17) is 0 Å². The topological polar surface area (TPSA) is 95.1 Å². The highest BCUT2D eigenvalue weighted by atomic mass is 16.4. The smallest absolute Gasteiger partial charge is 0.316 e. The van der Waals surface area contributed by atoms with Crippen molar-refractivity contribution >= 4 is 22.9 Å². The van der Waals surface area contributed by atoms with E-state index < -0.39 is 23.2 Å². The summed E-state index contributed by atoms with van der Waals surface area (Å²) < 4.78 is 0. The van der Waals surface area contributed by atoms with E-state index in [1.54, 1.807) is 20.8 Å². The molecule has 0 spiro atoms. The van der Waals surface area contributed by atoms with Crippen LogP contribution in [0.1, 0.15) is 32.2 Å². The van der Waals surface area contributed by atoms with E-state index in [1.165, 1.54) is 0 Å². The van der Waals surface area contributed by atoms with Crippen molar-refractivity contribution in [2.24, 2.45) is 11.3 Å². The van der Waals surface area contributed by atoms with Crippen LogP contribution in [-0.4, -0.2) is 27.0 Å². The molecule has 6 nitrogen and oxygen atoms in total. The van der Waals surface area contributed by atoms with Crippen molar-refractivity contribution in [3.8, 4) is 0 Å². The fourth-order valence-corrected chi connectivity index (χ4v) is 2.41. The maximum atomic E-state index is 12.1. The lowest BCUT2D eigenvalue weighted by molar-refractivity contribution is -0.151. The number of nitrogens with zero attached hydrogens (tertiary/aromatic N) is 1. The van der Waals surface area contributed by atoms with E-state index >= 15 is 0 Å². The largest absolute Gasteiger partial charge is 0.481 e. The number of carboxylic acids is 1. The maximum Gasteiger partial charge on any atom is 0.316 e. The molecule has 0 bridgehead atoms. The van der Waals surface area contributed by atoms with Gasteiger partial charge in [-0.3, -0.25) is 9.59 Å². The Bertz CT molecular complexity index is 713. The van der Waals surface area contributed by atoms with Gasteiger partial charge in [0.05, 0.1) is 17.6 Å². The van der Waals surface area contributed by atoms with E-state index in [0.717, 1.165) is 16.6 Å². The number of aryl methyl sites for hydroxylation is 1. The molecular formula is C16H21N3O3. The molecule has 118 valence electrons. The molecule has 0 radical (unpaired) electrons. The number of imidazole rings is 1. The molecule has 1 aromatic heterocycles. The van der Waals surface area contributed by atoms with Crippen LogP contribution in [-0.2, 0) is 16.1 Å². The molecule has 0 saturated heterocycles. The van der Waals surface area contributed by atoms with Gasteiger partial charge in [-0.15, -0.1) is 0 Å². The number of aliphatic carboxylic acids is 1. The molecular weight excluding hydrogens is 282 g/mol. The number of hydrogen-bond acceptors (Lipinski definition) is 3. The van der Waals surface area contributed by atoms with E-state index in [1.807, 2.05) is 25.1 Å². The average Bonchev–Trinajstić information content (AvgIpc) is 2.76. The van der Waals surface area contributed by atoms with Crippen molar-refractivity contribution in [1.82, 2.24) is 15.3 Å². The summed E-state index contributed by atoms with van der Waals surface area (Å²) in [5.41, 5.74) is 2.18. The first kappa shape index (κ1) is 16.0. The minimum absolute atomic E-state index is 0.173. The Labute approximate surface area is 128 Å². The van der Waals surface area contributed by atoms with Gasteiger partial charge in [0.2, 0.25) is 5.91 Å². The monoisotopic (exact) mass is 303 g/mol. The van der Waals surface area contributed by atoms with Crippen LogP contribution in [0.2, 0.25) is 0 Å². The quantitative estimate of drug-likeness (QED) is 0.755. The lowest BCUT2D eigenvalue weighted by Gasteiger charge is -2.25. The van der Waals surface area contributed by atoms with Gasteiger partial charge in [0.1, 0.15) is 11.7 Å². The minimum atomic E-state index is -1.12. The predicted molar refractivity (Wildman–Crippen MR) is 83.3 cm³/mol. The van der Waals surface area contributed by atoms with Crippen molar-refractivity contribution in [3.05, 3.63) is 29.6 Å². The minimum Gasteiger partial charge on any atom is -0.481 e. The van der Waals surface area contributed by atoms with E-state index in [0.29, 0.717) is 5.82 Å². The van der Waals surface area contributed by atoms with Crippen molar-refractivity contribution in [2.45, 2.75) is 34.2 Å². The van der Waals surface area contributed by atoms with Crippen LogP contribution in [0.15, 0.2) is 18.2 Å². The lowest BCUT2D eigenvalue weighted by atomic mass is 9.80. The Morgan fingerprint density at radius 2 is 2.05 bits per heavy atom. The van der Waals surface area contributed by atoms with Crippen LogP contribution in [0.3, 0.4) is 0 Å². The van der Waals surface area contributed by atoms with Gasteiger partial charge in [0.15, 0.2) is 0 Å². The van der Waals surface area contributed by atoms with Crippen LogP contribution in [0.25, 0.3) is 11.0 Å². The Balaban J connectivity index is 2.10. The molecule has 0 aliphatic carbocycles. The number of amides is 1. The number of rotatable bonds is 4. The van der Waals surface area contributed by atoms with Crippen molar-refractivity contribution in [3.63, 3.8) is 0 Å². The number of benzene rings is 1. The van der Waals surface area contributed by atoms with Gasteiger partial charge in [-0.1, -0.05) is 26.8 Å². The molecule has 2 rings (SSSR count). The highest BCUT2D eigenvalue weighted by Crippen LogP contribution is 2.26. The number of carboxylic acid groups (broad SMARTS) is 1. The normalized spacial score (nSPS) is 13.1. The average molecular weight is 303 g/mol. The molecule has 1 unspecified atom stereocenters. The maximum absolute atomic E-state index is 12.1. The molecule has 0 aliphatic heterocycles. The van der Waals surface area contributed by atoms with Crippen LogP contribution in [0.5, 0.6) is 0 Å². The molecule has 3 N–H and O–H groups in total. The van der Waals surface area contributed by atoms with Crippen LogP contribution in [0, 0.1) is 18.3 Å². The fraction of sp³-hybridized carbons (Fsp3) is 0.438. The van der Waals surface area contributed by atoms with Gasteiger partial charge >= 0.3 is 5.97 Å². The number of nitrogens with one attached hydrogen (secondary N) is 2. The highest BCUT2D eigenvalue weighted by Gasteiger charge is 2.37. The molecule has 1 heterocycles. The van der Waals surface area contributed by atoms with Gasteiger partial charge in [0.25, 0.3) is 0 Å². The Morgan fingerprint density at radius 3 is 2.64 bits per heavy atom. The van der Waals surface area contributed by atoms with Crippen LogP contribution < -0.4 is 5.32 Å². The molecule has 0 fully saturated rings. The third-order valence-electron chi connectivity index (χ3n) is 3.49. The zero-order valence-corrected chi connectivity index (χ0v) is 13.2. The van der Waals surface area contributed by atoms with E-state index in [-0.39, 0.29) is 6.54 Å². The van der Waals surface area contributed by atoms with Crippen molar-refractivity contribution in [2.75, 3.05) is 0 Å². The summed E-state index contributed by atoms with van der Waals surface area (Å²) in [5.74, 6) is -2.12. The van der Waals surface area contributed by atoms with Gasteiger partial charge in [0, 0.05) is 0 Å². The second-order valence-corrected chi connectivity index (χ2v) is 6.56. The molecule has 1 amide bonds. The standard InChI is InChI=1S/C16H21N3O3/c1-9-5-6-10-11(7-9)19-12(18-10)8-17-14(20)13(15(21)22)16(2,3)4/h5-7,13H,8H2,1-4H3,(H,17,20)(H,18,19)(H,21,22). The molecule has 6 heteroatoms. The molecule has 0 aliphatic rings.